The van der Waals surface area contributed by atoms with Crippen LogP contribution < -0.4 is 10.9 Å². The van der Waals surface area contributed by atoms with Gasteiger partial charge in [-0.3, -0.25) is 19.5 Å². The molecule has 0 saturated carbocycles. The van der Waals surface area contributed by atoms with Gasteiger partial charge in [-0.25, -0.2) is 4.98 Å². The second-order valence-electron chi connectivity index (χ2n) is 6.55. The lowest BCUT2D eigenvalue weighted by molar-refractivity contribution is -0.384. The van der Waals surface area contributed by atoms with E-state index in [2.05, 4.69) is 15.3 Å². The van der Waals surface area contributed by atoms with Gasteiger partial charge >= 0.3 is 0 Å². The lowest BCUT2D eigenvalue weighted by Crippen LogP contribution is -2.24. The molecule has 30 heavy (non-hydrogen) atoms. The Morgan fingerprint density at radius 3 is 2.63 bits per heavy atom. The zero-order valence-electron chi connectivity index (χ0n) is 15.7. The molecule has 2 N–H and O–H groups in total. The number of hydrogen-bond acceptors (Lipinski definition) is 6. The van der Waals surface area contributed by atoms with Crippen LogP contribution in [0, 0.1) is 21.4 Å². The van der Waals surface area contributed by atoms with Gasteiger partial charge < -0.3 is 10.3 Å². The minimum Gasteiger partial charge on any atom is -0.383 e. The summed E-state index contributed by atoms with van der Waals surface area (Å²) in [7, 11) is 0. The Morgan fingerprint density at radius 2 is 1.97 bits per heavy atom. The Morgan fingerprint density at radius 1 is 1.20 bits per heavy atom. The molecule has 0 aliphatic carbocycles. The Kier molecular flexibility index (Phi) is 4.97. The van der Waals surface area contributed by atoms with Gasteiger partial charge in [0.2, 0.25) is 0 Å². The van der Waals surface area contributed by atoms with Gasteiger partial charge in [0.15, 0.2) is 0 Å². The number of fused-ring (bicyclic) bond motifs is 1. The highest BCUT2D eigenvalue weighted by Crippen LogP contribution is 2.27. The van der Waals surface area contributed by atoms with Crippen molar-refractivity contribution in [3.05, 3.63) is 92.8 Å². The topological polar surface area (TPSA) is 130 Å². The van der Waals surface area contributed by atoms with E-state index in [4.69, 9.17) is 0 Å². The highest BCUT2D eigenvalue weighted by atomic mass is 16.6. The van der Waals surface area contributed by atoms with Crippen LogP contribution in [0.3, 0.4) is 0 Å². The first kappa shape index (κ1) is 18.9. The lowest BCUT2D eigenvalue weighted by atomic mass is 10.1. The number of anilines is 1. The number of nitro groups is 1. The number of nitro benzene ring substituents is 1. The van der Waals surface area contributed by atoms with Crippen LogP contribution in [0.1, 0.15) is 11.3 Å². The summed E-state index contributed by atoms with van der Waals surface area (Å²) in [6, 6.07) is 14.9. The van der Waals surface area contributed by atoms with E-state index in [0.717, 1.165) is 5.69 Å². The van der Waals surface area contributed by atoms with Crippen molar-refractivity contribution >= 4 is 22.3 Å². The Balaban J connectivity index is 1.83. The molecule has 9 nitrogen and oxygen atoms in total. The van der Waals surface area contributed by atoms with Gasteiger partial charge in [-0.05, 0) is 18.2 Å². The molecular formula is C21H16N6O3. The number of benzene rings is 2. The highest BCUT2D eigenvalue weighted by molar-refractivity contribution is 5.95. The Bertz CT molecular complexity index is 1320. The number of hydrogen-bond donors (Lipinski definition) is 2. The summed E-state index contributed by atoms with van der Waals surface area (Å²) < 4.78 is 1.40. The third-order valence-electron chi connectivity index (χ3n) is 4.76. The maximum Gasteiger partial charge on any atom is 0.275 e. The molecule has 2 heterocycles. The number of non-ortho nitro benzene ring substituents is 1. The maximum absolute atomic E-state index is 13.2. The number of nitrogens with zero attached hydrogens (tertiary/aromatic N) is 4. The number of pyridine rings is 1. The summed E-state index contributed by atoms with van der Waals surface area (Å²) in [4.78, 5) is 30.6. The number of aromatic nitrogens is 3. The molecule has 0 atom stereocenters. The van der Waals surface area contributed by atoms with Gasteiger partial charge in [0.1, 0.15) is 11.6 Å². The van der Waals surface area contributed by atoms with Crippen LogP contribution in [0.25, 0.3) is 16.6 Å². The van der Waals surface area contributed by atoms with Crippen LogP contribution in [0.2, 0.25) is 0 Å². The first-order valence-corrected chi connectivity index (χ1v) is 9.14. The van der Waals surface area contributed by atoms with Crippen molar-refractivity contribution in [2.24, 2.45) is 0 Å². The highest BCUT2D eigenvalue weighted by Gasteiger charge is 2.18. The third kappa shape index (κ3) is 3.38. The minimum atomic E-state index is -0.502. The van der Waals surface area contributed by atoms with Gasteiger partial charge in [-0.1, -0.05) is 18.2 Å². The number of aromatic amines is 1. The fraction of sp³-hybridized carbons (Fsp3) is 0.0952. The van der Waals surface area contributed by atoms with Crippen molar-refractivity contribution in [2.45, 2.75) is 6.42 Å². The molecule has 0 radical (unpaired) electrons. The SMILES string of the molecule is N#Cc1c(NCCc2cnc[nH]2)c2ccccc2n(-c2ccc([N+](=O)[O-])cc2)c1=O. The summed E-state index contributed by atoms with van der Waals surface area (Å²) in [6.45, 7) is 0.502. The molecule has 0 aliphatic rings. The Labute approximate surface area is 170 Å². The standard InChI is InChI=1S/C21H16N6O3/c22-11-18-20(24-10-9-14-12-23-13-25-14)17-3-1-2-4-19(17)26(21(18)28)15-5-7-16(8-6-15)27(29)30/h1-8,12-13,24H,9-10H2,(H,23,25). The van der Waals surface area contributed by atoms with Gasteiger partial charge in [-0.2, -0.15) is 5.26 Å². The van der Waals surface area contributed by atoms with E-state index >= 15 is 0 Å². The summed E-state index contributed by atoms with van der Waals surface area (Å²) in [6.07, 6.45) is 3.96. The molecule has 4 rings (SSSR count). The predicted molar refractivity (Wildman–Crippen MR) is 112 cm³/mol. The fourth-order valence-electron chi connectivity index (χ4n) is 3.35. The van der Waals surface area contributed by atoms with E-state index in [0.29, 0.717) is 35.2 Å². The van der Waals surface area contributed by atoms with Crippen LogP contribution in [-0.4, -0.2) is 26.0 Å². The molecule has 4 aromatic rings. The molecule has 0 aliphatic heterocycles. The predicted octanol–water partition coefficient (Wildman–Crippen LogP) is 3.15. The first-order valence-electron chi connectivity index (χ1n) is 9.14. The molecule has 0 unspecified atom stereocenters. The summed E-state index contributed by atoms with van der Waals surface area (Å²) >= 11 is 0. The number of rotatable bonds is 6. The number of nitrogens with one attached hydrogen (secondary N) is 2. The van der Waals surface area contributed by atoms with Crippen LogP contribution >= 0.6 is 0 Å². The maximum atomic E-state index is 13.2. The van der Waals surface area contributed by atoms with Gasteiger partial charge in [0, 0.05) is 48.1 Å². The van der Waals surface area contributed by atoms with E-state index in [1.807, 2.05) is 18.2 Å². The molecule has 2 aromatic carbocycles. The van der Waals surface area contributed by atoms with Crippen molar-refractivity contribution in [3.63, 3.8) is 0 Å². The van der Waals surface area contributed by atoms with E-state index in [1.54, 1.807) is 24.7 Å². The van der Waals surface area contributed by atoms with Gasteiger partial charge in [0.05, 0.1) is 22.5 Å². The molecule has 0 spiro atoms. The van der Waals surface area contributed by atoms with E-state index < -0.39 is 10.5 Å². The summed E-state index contributed by atoms with van der Waals surface area (Å²) in [5, 5.41) is 24.6. The van der Waals surface area contributed by atoms with Crippen molar-refractivity contribution in [2.75, 3.05) is 11.9 Å². The van der Waals surface area contributed by atoms with Crippen molar-refractivity contribution < 1.29 is 4.92 Å². The first-order chi connectivity index (χ1) is 14.6. The normalized spacial score (nSPS) is 10.6. The van der Waals surface area contributed by atoms with Crippen LogP contribution in [0.15, 0.2) is 65.8 Å². The second-order valence-corrected chi connectivity index (χ2v) is 6.55. The summed E-state index contributed by atoms with van der Waals surface area (Å²) in [5.74, 6) is 0. The van der Waals surface area contributed by atoms with Crippen LogP contribution in [0.4, 0.5) is 11.4 Å². The second kappa shape index (κ2) is 7.89. The number of H-pyrrole nitrogens is 1. The molecule has 2 aromatic heterocycles. The molecule has 0 amide bonds. The molecule has 148 valence electrons. The lowest BCUT2D eigenvalue weighted by Gasteiger charge is -2.16. The van der Waals surface area contributed by atoms with Gasteiger partial charge in [0.25, 0.3) is 11.2 Å². The van der Waals surface area contributed by atoms with E-state index in [-0.39, 0.29) is 11.3 Å². The van der Waals surface area contributed by atoms with Crippen molar-refractivity contribution in [1.82, 2.24) is 14.5 Å². The zero-order valence-corrected chi connectivity index (χ0v) is 15.7. The molecule has 0 fully saturated rings. The molecule has 0 saturated heterocycles. The molecule has 0 bridgehead atoms. The molecular weight excluding hydrogens is 384 g/mol. The van der Waals surface area contributed by atoms with Crippen molar-refractivity contribution in [3.8, 4) is 11.8 Å². The van der Waals surface area contributed by atoms with Gasteiger partial charge in [-0.15, -0.1) is 0 Å². The average molecular weight is 400 g/mol. The smallest absolute Gasteiger partial charge is 0.275 e. The number of para-hydroxylation sites is 1. The quantitative estimate of drug-likeness (QED) is 0.378. The number of nitriles is 1. The van der Waals surface area contributed by atoms with Crippen LogP contribution in [-0.2, 0) is 6.42 Å². The van der Waals surface area contributed by atoms with E-state index in [9.17, 15) is 20.2 Å². The van der Waals surface area contributed by atoms with E-state index in [1.165, 1.54) is 28.8 Å². The number of imidazole rings is 1. The third-order valence-corrected chi connectivity index (χ3v) is 4.76. The fourth-order valence-corrected chi connectivity index (χ4v) is 3.35. The average Bonchev–Trinajstić information content (AvgIpc) is 3.27. The molecule has 9 heteroatoms. The minimum absolute atomic E-state index is 0.0170. The summed E-state index contributed by atoms with van der Waals surface area (Å²) in [5.41, 5.74) is 1.86. The Hall–Kier alpha value is -4.45. The largest absolute Gasteiger partial charge is 0.383 e. The van der Waals surface area contributed by atoms with Crippen LogP contribution in [0.5, 0.6) is 0 Å². The van der Waals surface area contributed by atoms with Crippen molar-refractivity contribution in [1.29, 1.82) is 5.26 Å². The zero-order chi connectivity index (χ0) is 21.1. The monoisotopic (exact) mass is 400 g/mol.